The van der Waals surface area contributed by atoms with Gasteiger partial charge in [0.15, 0.2) is 0 Å². The fourth-order valence-electron chi connectivity index (χ4n) is 2.10. The second-order valence-corrected chi connectivity index (χ2v) is 4.09. The minimum absolute atomic E-state index is 0.130. The van der Waals surface area contributed by atoms with Crippen LogP contribution in [0.4, 0.5) is 4.39 Å². The molecule has 0 amide bonds. The Morgan fingerprint density at radius 1 is 1.50 bits per heavy atom. The van der Waals surface area contributed by atoms with Gasteiger partial charge >= 0.3 is 0 Å². The van der Waals surface area contributed by atoms with Crippen LogP contribution < -0.4 is 0 Å². The summed E-state index contributed by atoms with van der Waals surface area (Å²) in [5.74, 6) is -0.130. The lowest BCUT2D eigenvalue weighted by atomic mass is 10.2. The van der Waals surface area contributed by atoms with Gasteiger partial charge in [-0.25, -0.2) is 4.39 Å². The van der Waals surface area contributed by atoms with Crippen molar-refractivity contribution in [1.29, 1.82) is 0 Å². The van der Waals surface area contributed by atoms with E-state index in [0.29, 0.717) is 6.04 Å². The number of halogens is 1. The van der Waals surface area contributed by atoms with E-state index in [4.69, 9.17) is 0 Å². The molecule has 14 heavy (non-hydrogen) atoms. The number of benzene rings is 1. The van der Waals surface area contributed by atoms with Crippen LogP contribution in [0.15, 0.2) is 24.3 Å². The Labute approximate surface area is 84.5 Å². The van der Waals surface area contributed by atoms with E-state index in [2.05, 4.69) is 11.8 Å². The van der Waals surface area contributed by atoms with E-state index in [1.54, 1.807) is 12.1 Å². The molecule has 1 atom stereocenters. The highest BCUT2D eigenvalue weighted by Gasteiger charge is 2.19. The second kappa shape index (κ2) is 4.09. The summed E-state index contributed by atoms with van der Waals surface area (Å²) in [7, 11) is 0. The molecule has 1 aliphatic heterocycles. The molecule has 0 aromatic heterocycles. The van der Waals surface area contributed by atoms with Gasteiger partial charge in [-0.3, -0.25) is 4.90 Å². The average Bonchev–Trinajstić information content (AvgIpc) is 2.52. The molecule has 0 radical (unpaired) electrons. The van der Waals surface area contributed by atoms with Crippen molar-refractivity contribution in [3.8, 4) is 0 Å². The van der Waals surface area contributed by atoms with Crippen LogP contribution in [-0.4, -0.2) is 17.5 Å². The first kappa shape index (κ1) is 9.66. The van der Waals surface area contributed by atoms with Gasteiger partial charge in [-0.2, -0.15) is 0 Å². The molecule has 1 aromatic rings. The predicted molar refractivity (Wildman–Crippen MR) is 55.5 cm³/mol. The summed E-state index contributed by atoms with van der Waals surface area (Å²) in [5.41, 5.74) is 1.08. The van der Waals surface area contributed by atoms with E-state index in [9.17, 15) is 4.39 Å². The van der Waals surface area contributed by atoms with Gasteiger partial charge in [0, 0.05) is 12.6 Å². The van der Waals surface area contributed by atoms with Gasteiger partial charge in [-0.15, -0.1) is 0 Å². The molecular weight excluding hydrogens is 177 g/mol. The van der Waals surface area contributed by atoms with E-state index >= 15 is 0 Å². The molecule has 0 N–H and O–H groups in total. The molecule has 1 aromatic carbocycles. The van der Waals surface area contributed by atoms with Crippen molar-refractivity contribution in [2.45, 2.75) is 32.4 Å². The quantitative estimate of drug-likeness (QED) is 0.698. The summed E-state index contributed by atoms with van der Waals surface area (Å²) in [6.45, 7) is 4.28. The molecule has 0 bridgehead atoms. The van der Waals surface area contributed by atoms with Gasteiger partial charge in [0.05, 0.1) is 0 Å². The standard InChI is InChI=1S/C12H16FN/c1-10-4-3-7-14(10)9-11-5-2-6-12(13)8-11/h2,5-6,8,10H,3-4,7,9H2,1H3/t10-/m0/s1. The monoisotopic (exact) mass is 193 g/mol. The van der Waals surface area contributed by atoms with Crippen molar-refractivity contribution < 1.29 is 4.39 Å². The lowest BCUT2D eigenvalue weighted by Gasteiger charge is -2.20. The third-order valence-corrected chi connectivity index (χ3v) is 2.97. The van der Waals surface area contributed by atoms with Crippen molar-refractivity contribution in [3.05, 3.63) is 35.6 Å². The Bertz CT molecular complexity index is 311. The third-order valence-electron chi connectivity index (χ3n) is 2.97. The van der Waals surface area contributed by atoms with Gasteiger partial charge < -0.3 is 0 Å². The van der Waals surface area contributed by atoms with Crippen molar-refractivity contribution in [2.24, 2.45) is 0 Å². The molecule has 1 aliphatic rings. The topological polar surface area (TPSA) is 3.24 Å². The summed E-state index contributed by atoms with van der Waals surface area (Å²) in [6.07, 6.45) is 2.55. The third kappa shape index (κ3) is 2.13. The van der Waals surface area contributed by atoms with Gasteiger partial charge in [-0.05, 0) is 44.0 Å². The van der Waals surface area contributed by atoms with Crippen LogP contribution in [0.5, 0.6) is 0 Å². The zero-order valence-electron chi connectivity index (χ0n) is 8.54. The summed E-state index contributed by atoms with van der Waals surface area (Å²) < 4.78 is 12.9. The lowest BCUT2D eigenvalue weighted by molar-refractivity contribution is 0.260. The molecule has 1 fully saturated rings. The molecule has 1 nitrogen and oxygen atoms in total. The van der Waals surface area contributed by atoms with E-state index < -0.39 is 0 Å². The van der Waals surface area contributed by atoms with E-state index in [0.717, 1.165) is 18.7 Å². The molecule has 0 saturated carbocycles. The second-order valence-electron chi connectivity index (χ2n) is 4.09. The van der Waals surface area contributed by atoms with E-state index in [1.807, 2.05) is 6.07 Å². The zero-order valence-corrected chi connectivity index (χ0v) is 8.54. The first-order chi connectivity index (χ1) is 6.75. The number of rotatable bonds is 2. The molecule has 0 aliphatic carbocycles. The Kier molecular flexibility index (Phi) is 2.82. The number of likely N-dealkylation sites (tertiary alicyclic amines) is 1. The first-order valence-corrected chi connectivity index (χ1v) is 5.24. The highest BCUT2D eigenvalue weighted by molar-refractivity contribution is 5.16. The lowest BCUT2D eigenvalue weighted by Crippen LogP contribution is -2.26. The van der Waals surface area contributed by atoms with Crippen LogP contribution in [0.3, 0.4) is 0 Å². The maximum Gasteiger partial charge on any atom is 0.123 e. The zero-order chi connectivity index (χ0) is 9.97. The molecule has 1 heterocycles. The number of hydrogen-bond donors (Lipinski definition) is 0. The number of hydrogen-bond acceptors (Lipinski definition) is 1. The molecule has 2 rings (SSSR count). The van der Waals surface area contributed by atoms with E-state index in [-0.39, 0.29) is 5.82 Å². The summed E-state index contributed by atoms with van der Waals surface area (Å²) in [4.78, 5) is 2.41. The van der Waals surface area contributed by atoms with Crippen molar-refractivity contribution in [2.75, 3.05) is 6.54 Å². The van der Waals surface area contributed by atoms with Gasteiger partial charge in [0.1, 0.15) is 5.82 Å². The van der Waals surface area contributed by atoms with Gasteiger partial charge in [0.2, 0.25) is 0 Å². The van der Waals surface area contributed by atoms with Crippen LogP contribution in [0.25, 0.3) is 0 Å². The minimum atomic E-state index is -0.130. The SMILES string of the molecule is C[C@H]1CCCN1Cc1cccc(F)c1. The maximum absolute atomic E-state index is 12.9. The fourth-order valence-corrected chi connectivity index (χ4v) is 2.10. The maximum atomic E-state index is 12.9. The molecular formula is C12H16FN. The Morgan fingerprint density at radius 3 is 3.00 bits per heavy atom. The molecule has 0 unspecified atom stereocenters. The smallest absolute Gasteiger partial charge is 0.123 e. The van der Waals surface area contributed by atoms with Crippen molar-refractivity contribution in [1.82, 2.24) is 4.90 Å². The molecule has 2 heteroatoms. The van der Waals surface area contributed by atoms with Crippen LogP contribution in [-0.2, 0) is 6.54 Å². The first-order valence-electron chi connectivity index (χ1n) is 5.24. The van der Waals surface area contributed by atoms with Crippen molar-refractivity contribution in [3.63, 3.8) is 0 Å². The number of nitrogens with zero attached hydrogens (tertiary/aromatic N) is 1. The molecule has 1 saturated heterocycles. The highest BCUT2D eigenvalue weighted by Crippen LogP contribution is 2.19. The van der Waals surface area contributed by atoms with E-state index in [1.165, 1.54) is 18.9 Å². The Balaban J connectivity index is 2.03. The van der Waals surface area contributed by atoms with Gasteiger partial charge in [-0.1, -0.05) is 12.1 Å². The largest absolute Gasteiger partial charge is 0.296 e. The minimum Gasteiger partial charge on any atom is -0.296 e. The van der Waals surface area contributed by atoms with Crippen LogP contribution >= 0.6 is 0 Å². The van der Waals surface area contributed by atoms with Crippen LogP contribution in [0, 0.1) is 5.82 Å². The average molecular weight is 193 g/mol. The van der Waals surface area contributed by atoms with Crippen molar-refractivity contribution >= 4 is 0 Å². The highest BCUT2D eigenvalue weighted by atomic mass is 19.1. The summed E-state index contributed by atoms with van der Waals surface area (Å²) in [6, 6.07) is 7.56. The predicted octanol–water partition coefficient (Wildman–Crippen LogP) is 2.81. The normalized spacial score (nSPS) is 22.9. The summed E-state index contributed by atoms with van der Waals surface area (Å²) in [5, 5.41) is 0. The summed E-state index contributed by atoms with van der Waals surface area (Å²) >= 11 is 0. The fraction of sp³-hybridized carbons (Fsp3) is 0.500. The Hall–Kier alpha value is -0.890. The van der Waals surface area contributed by atoms with Gasteiger partial charge in [0.25, 0.3) is 0 Å². The Morgan fingerprint density at radius 2 is 2.36 bits per heavy atom. The molecule has 76 valence electrons. The van der Waals surface area contributed by atoms with Crippen LogP contribution in [0.1, 0.15) is 25.3 Å². The molecule has 0 spiro atoms. The van der Waals surface area contributed by atoms with Crippen LogP contribution in [0.2, 0.25) is 0 Å².